The van der Waals surface area contributed by atoms with Gasteiger partial charge in [0.05, 0.1) is 24.3 Å². The summed E-state index contributed by atoms with van der Waals surface area (Å²) < 4.78 is 0. The molecule has 1 fully saturated rings. The van der Waals surface area contributed by atoms with Gasteiger partial charge in [-0.1, -0.05) is 24.3 Å². The first-order valence-corrected chi connectivity index (χ1v) is 6.61. The lowest BCUT2D eigenvalue weighted by molar-refractivity contribution is -0.130. The van der Waals surface area contributed by atoms with Crippen LogP contribution in [0.1, 0.15) is 12.1 Å². The minimum Gasteiger partial charge on any atom is -0.347 e. The normalized spacial score (nSPS) is 16.1. The minimum atomic E-state index is -0.0766. The summed E-state index contributed by atoms with van der Waals surface area (Å²) in [6.07, 6.45) is 0.347. The van der Waals surface area contributed by atoms with Gasteiger partial charge in [-0.05, 0) is 12.1 Å². The van der Waals surface area contributed by atoms with E-state index < -0.39 is 0 Å². The van der Waals surface area contributed by atoms with Crippen molar-refractivity contribution in [3.63, 3.8) is 0 Å². The van der Waals surface area contributed by atoms with Crippen LogP contribution in [0.4, 0.5) is 0 Å². The average Bonchev–Trinajstić information content (AvgIpc) is 2.63. The van der Waals surface area contributed by atoms with Crippen LogP contribution in [0.25, 0.3) is 10.9 Å². The third-order valence-corrected chi connectivity index (χ3v) is 3.41. The molecule has 1 aromatic carbocycles. The number of fused-ring (bicyclic) bond motifs is 1. The molecule has 1 aliphatic rings. The van der Waals surface area contributed by atoms with Gasteiger partial charge in [0.1, 0.15) is 0 Å². The van der Waals surface area contributed by atoms with E-state index in [0.29, 0.717) is 19.5 Å². The van der Waals surface area contributed by atoms with Crippen LogP contribution in [0.3, 0.4) is 0 Å². The van der Waals surface area contributed by atoms with Crippen molar-refractivity contribution >= 4 is 22.7 Å². The Morgan fingerprint density at radius 3 is 2.90 bits per heavy atom. The maximum absolute atomic E-state index is 11.9. The van der Waals surface area contributed by atoms with Gasteiger partial charge < -0.3 is 10.2 Å². The maximum atomic E-state index is 11.9. The number of pyridine rings is 1. The number of carbonyl (C=O) groups excluding carboxylic acids is 2. The molecule has 20 heavy (non-hydrogen) atoms. The summed E-state index contributed by atoms with van der Waals surface area (Å²) in [5.41, 5.74) is 1.76. The van der Waals surface area contributed by atoms with Crippen LogP contribution < -0.4 is 5.32 Å². The molecule has 0 bridgehead atoms. The van der Waals surface area contributed by atoms with E-state index in [1.54, 1.807) is 4.90 Å². The van der Waals surface area contributed by atoms with Gasteiger partial charge in [0.25, 0.3) is 0 Å². The average molecular weight is 269 g/mol. The minimum absolute atomic E-state index is 0.0641. The number of rotatable bonds is 2. The van der Waals surface area contributed by atoms with Crippen LogP contribution in [0.5, 0.6) is 0 Å². The van der Waals surface area contributed by atoms with Gasteiger partial charge in [0.15, 0.2) is 0 Å². The molecule has 5 heteroatoms. The van der Waals surface area contributed by atoms with Crippen LogP contribution in [-0.4, -0.2) is 34.8 Å². The van der Waals surface area contributed by atoms with E-state index in [-0.39, 0.29) is 18.4 Å². The van der Waals surface area contributed by atoms with E-state index in [1.165, 1.54) is 0 Å². The highest BCUT2D eigenvalue weighted by molar-refractivity contribution is 5.87. The Labute approximate surface area is 116 Å². The molecule has 1 aromatic heterocycles. The lowest BCUT2D eigenvalue weighted by Gasteiger charge is -2.19. The monoisotopic (exact) mass is 269 g/mol. The Morgan fingerprint density at radius 1 is 1.15 bits per heavy atom. The Hall–Kier alpha value is -2.43. The fourth-order valence-electron chi connectivity index (χ4n) is 2.29. The topological polar surface area (TPSA) is 62.3 Å². The van der Waals surface area contributed by atoms with Gasteiger partial charge in [0, 0.05) is 18.4 Å². The van der Waals surface area contributed by atoms with E-state index in [1.807, 2.05) is 36.4 Å². The first kappa shape index (κ1) is 12.6. The lowest BCUT2D eigenvalue weighted by Crippen LogP contribution is -2.34. The molecular formula is C15H15N3O2. The number of aromatic nitrogens is 1. The Morgan fingerprint density at radius 2 is 2.00 bits per heavy atom. The summed E-state index contributed by atoms with van der Waals surface area (Å²) in [6, 6.07) is 11.8. The quantitative estimate of drug-likeness (QED) is 0.887. The number of nitrogens with zero attached hydrogens (tertiary/aromatic N) is 2. The van der Waals surface area contributed by atoms with Crippen molar-refractivity contribution in [2.24, 2.45) is 0 Å². The van der Waals surface area contributed by atoms with Crippen molar-refractivity contribution in [1.82, 2.24) is 15.2 Å². The zero-order valence-electron chi connectivity index (χ0n) is 11.0. The van der Waals surface area contributed by atoms with Gasteiger partial charge in [-0.3, -0.25) is 14.6 Å². The highest BCUT2D eigenvalue weighted by atomic mass is 16.2. The molecule has 2 amide bonds. The van der Waals surface area contributed by atoms with Crippen LogP contribution in [-0.2, 0) is 16.1 Å². The highest BCUT2D eigenvalue weighted by Crippen LogP contribution is 2.13. The van der Waals surface area contributed by atoms with Gasteiger partial charge in [-0.25, -0.2) is 0 Å². The van der Waals surface area contributed by atoms with E-state index >= 15 is 0 Å². The second-order valence-corrected chi connectivity index (χ2v) is 4.84. The SMILES string of the molecule is O=C1CCN(Cc2ccc3ccccc3n2)C(=O)CN1. The molecule has 102 valence electrons. The molecule has 3 rings (SSSR count). The zero-order chi connectivity index (χ0) is 13.9. The van der Waals surface area contributed by atoms with Crippen molar-refractivity contribution in [1.29, 1.82) is 0 Å². The van der Waals surface area contributed by atoms with Crippen molar-refractivity contribution in [2.45, 2.75) is 13.0 Å². The molecule has 0 radical (unpaired) electrons. The van der Waals surface area contributed by atoms with Crippen LogP contribution in [0.15, 0.2) is 36.4 Å². The molecule has 0 aliphatic carbocycles. The van der Waals surface area contributed by atoms with Gasteiger partial charge in [0.2, 0.25) is 11.8 Å². The second kappa shape index (κ2) is 5.28. The molecule has 0 atom stereocenters. The summed E-state index contributed by atoms with van der Waals surface area (Å²) >= 11 is 0. The highest BCUT2D eigenvalue weighted by Gasteiger charge is 2.20. The van der Waals surface area contributed by atoms with Gasteiger partial charge in [-0.15, -0.1) is 0 Å². The Bertz CT molecular complexity index is 669. The summed E-state index contributed by atoms with van der Waals surface area (Å²) in [6.45, 7) is 0.963. The van der Waals surface area contributed by atoms with Crippen LogP contribution in [0, 0.1) is 0 Å². The molecule has 2 heterocycles. The third-order valence-electron chi connectivity index (χ3n) is 3.41. The van der Waals surface area contributed by atoms with Gasteiger partial charge >= 0.3 is 0 Å². The number of para-hydroxylation sites is 1. The number of nitrogens with one attached hydrogen (secondary N) is 1. The zero-order valence-corrected chi connectivity index (χ0v) is 11.0. The van der Waals surface area contributed by atoms with E-state index in [9.17, 15) is 9.59 Å². The number of carbonyl (C=O) groups is 2. The van der Waals surface area contributed by atoms with Gasteiger partial charge in [-0.2, -0.15) is 0 Å². The molecule has 1 N–H and O–H groups in total. The third kappa shape index (κ3) is 2.61. The van der Waals surface area contributed by atoms with E-state index in [0.717, 1.165) is 16.6 Å². The number of amides is 2. The molecule has 1 aliphatic heterocycles. The largest absolute Gasteiger partial charge is 0.347 e. The Balaban J connectivity index is 1.81. The van der Waals surface area contributed by atoms with Crippen molar-refractivity contribution in [3.8, 4) is 0 Å². The van der Waals surface area contributed by atoms with Crippen molar-refractivity contribution in [3.05, 3.63) is 42.1 Å². The van der Waals surface area contributed by atoms with Crippen LogP contribution >= 0.6 is 0 Å². The predicted molar refractivity (Wildman–Crippen MR) is 74.8 cm³/mol. The Kier molecular flexibility index (Phi) is 3.33. The molecule has 0 spiro atoms. The molecule has 2 aromatic rings. The second-order valence-electron chi connectivity index (χ2n) is 4.84. The van der Waals surface area contributed by atoms with Crippen LogP contribution in [0.2, 0.25) is 0 Å². The first-order chi connectivity index (χ1) is 9.72. The predicted octanol–water partition coefficient (Wildman–Crippen LogP) is 1.08. The summed E-state index contributed by atoms with van der Waals surface area (Å²) in [4.78, 5) is 29.4. The molecule has 0 saturated carbocycles. The maximum Gasteiger partial charge on any atom is 0.242 e. The molecule has 0 unspecified atom stereocenters. The fraction of sp³-hybridized carbons (Fsp3) is 0.267. The fourth-order valence-corrected chi connectivity index (χ4v) is 2.29. The number of benzene rings is 1. The summed E-state index contributed by atoms with van der Waals surface area (Å²) in [7, 11) is 0. The van der Waals surface area contributed by atoms with Crippen molar-refractivity contribution < 1.29 is 9.59 Å². The summed E-state index contributed by atoms with van der Waals surface area (Å²) in [5, 5.41) is 3.67. The smallest absolute Gasteiger partial charge is 0.242 e. The number of hydrogen-bond acceptors (Lipinski definition) is 3. The lowest BCUT2D eigenvalue weighted by atomic mass is 10.2. The van der Waals surface area contributed by atoms with E-state index in [4.69, 9.17) is 0 Å². The standard InChI is InChI=1S/C15H15N3O2/c19-14-7-8-18(15(20)9-16-14)10-12-6-5-11-3-1-2-4-13(11)17-12/h1-6H,7-10H2,(H,16,19). The molecule has 5 nitrogen and oxygen atoms in total. The molecule has 1 saturated heterocycles. The molecular weight excluding hydrogens is 254 g/mol. The first-order valence-electron chi connectivity index (χ1n) is 6.61. The summed E-state index contributed by atoms with van der Waals surface area (Å²) in [5.74, 6) is -0.141. The van der Waals surface area contributed by atoms with E-state index in [2.05, 4.69) is 10.3 Å². The van der Waals surface area contributed by atoms with Crippen molar-refractivity contribution in [2.75, 3.05) is 13.1 Å². The number of hydrogen-bond donors (Lipinski definition) is 1.